The number of pyridine rings is 1. The first kappa shape index (κ1) is 18.3. The smallest absolute Gasteiger partial charge is 0.287 e. The summed E-state index contributed by atoms with van der Waals surface area (Å²) < 4.78 is 0. The van der Waals surface area contributed by atoms with Crippen molar-refractivity contribution in [2.24, 2.45) is 0 Å². The summed E-state index contributed by atoms with van der Waals surface area (Å²) >= 11 is 6.24. The second-order valence-electron chi connectivity index (χ2n) is 7.03. The minimum Gasteiger partial charge on any atom is -0.343 e. The Balaban J connectivity index is 1.47. The molecule has 5 aromatic rings. The molecule has 0 fully saturated rings. The maximum absolute atomic E-state index is 12.8. The van der Waals surface area contributed by atoms with Crippen molar-refractivity contribution < 1.29 is 4.79 Å². The summed E-state index contributed by atoms with van der Waals surface area (Å²) in [6.45, 7) is 1.89. The van der Waals surface area contributed by atoms with E-state index in [1.54, 1.807) is 18.5 Å². The van der Waals surface area contributed by atoms with Crippen LogP contribution in [0.25, 0.3) is 33.2 Å². The van der Waals surface area contributed by atoms with E-state index in [9.17, 15) is 4.79 Å². The lowest BCUT2D eigenvalue weighted by Crippen LogP contribution is -2.27. The molecule has 3 N–H and O–H groups in total. The number of hydrogen-bond acceptors (Lipinski definition) is 4. The molecule has 7 nitrogen and oxygen atoms in total. The molecule has 1 unspecified atom stereocenters. The molecule has 0 spiro atoms. The Kier molecular flexibility index (Phi) is 4.44. The van der Waals surface area contributed by atoms with Gasteiger partial charge in [-0.15, -0.1) is 0 Å². The van der Waals surface area contributed by atoms with Gasteiger partial charge in [-0.05, 0) is 42.8 Å². The predicted molar refractivity (Wildman–Crippen MR) is 116 cm³/mol. The Morgan fingerprint density at radius 1 is 1.10 bits per heavy atom. The van der Waals surface area contributed by atoms with Crippen molar-refractivity contribution in [3.63, 3.8) is 0 Å². The van der Waals surface area contributed by atoms with Gasteiger partial charge in [0.1, 0.15) is 5.69 Å². The van der Waals surface area contributed by atoms with Gasteiger partial charge in [0.05, 0.1) is 22.6 Å². The van der Waals surface area contributed by atoms with Crippen LogP contribution in [-0.4, -0.2) is 31.1 Å². The summed E-state index contributed by atoms with van der Waals surface area (Å²) in [6.07, 6.45) is 3.46. The molecule has 0 aliphatic heterocycles. The number of hydrogen-bond donors (Lipinski definition) is 3. The van der Waals surface area contributed by atoms with Crippen LogP contribution in [0.2, 0.25) is 5.02 Å². The van der Waals surface area contributed by atoms with Gasteiger partial charge < -0.3 is 10.3 Å². The number of carbonyl (C=O) groups excluding carboxylic acids is 1. The zero-order valence-electron chi connectivity index (χ0n) is 16.0. The van der Waals surface area contributed by atoms with Gasteiger partial charge in [0.2, 0.25) is 0 Å². The average molecular weight is 417 g/mol. The number of carbonyl (C=O) groups is 1. The van der Waals surface area contributed by atoms with Gasteiger partial charge in [-0.25, -0.2) is 4.98 Å². The Hall–Kier alpha value is -3.71. The van der Waals surface area contributed by atoms with Gasteiger partial charge in [0, 0.05) is 28.4 Å². The van der Waals surface area contributed by atoms with Crippen molar-refractivity contribution in [3.8, 4) is 11.3 Å². The van der Waals surface area contributed by atoms with Gasteiger partial charge in [-0.1, -0.05) is 29.8 Å². The van der Waals surface area contributed by atoms with E-state index in [1.807, 2.05) is 49.4 Å². The van der Waals surface area contributed by atoms with Crippen LogP contribution < -0.4 is 5.32 Å². The highest BCUT2D eigenvalue weighted by Gasteiger charge is 2.18. The van der Waals surface area contributed by atoms with E-state index in [0.717, 1.165) is 33.2 Å². The molecule has 1 atom stereocenters. The molecule has 5 rings (SSSR count). The number of nitrogens with one attached hydrogen (secondary N) is 3. The number of fused-ring (bicyclic) bond motifs is 2. The monoisotopic (exact) mass is 416 g/mol. The summed E-state index contributed by atoms with van der Waals surface area (Å²) in [7, 11) is 0. The van der Waals surface area contributed by atoms with Crippen LogP contribution in [0.1, 0.15) is 29.1 Å². The van der Waals surface area contributed by atoms with Crippen LogP contribution in [0.4, 0.5) is 0 Å². The molecule has 0 saturated heterocycles. The fourth-order valence-electron chi connectivity index (χ4n) is 3.53. The second kappa shape index (κ2) is 7.27. The summed E-state index contributed by atoms with van der Waals surface area (Å²) in [5.74, 6) is -0.0512. The molecule has 0 radical (unpaired) electrons. The molecule has 2 aromatic carbocycles. The first-order valence-electron chi connectivity index (χ1n) is 9.43. The van der Waals surface area contributed by atoms with Crippen LogP contribution >= 0.6 is 11.6 Å². The number of aromatic amines is 2. The van der Waals surface area contributed by atoms with Gasteiger partial charge in [-0.2, -0.15) is 5.10 Å². The van der Waals surface area contributed by atoms with Crippen LogP contribution in [0.3, 0.4) is 0 Å². The van der Waals surface area contributed by atoms with E-state index < -0.39 is 0 Å². The van der Waals surface area contributed by atoms with Crippen LogP contribution in [0.15, 0.2) is 60.9 Å². The maximum Gasteiger partial charge on any atom is 0.287 e. The molecule has 0 bridgehead atoms. The molecule has 1 amide bonds. The topological polar surface area (TPSA) is 99.3 Å². The van der Waals surface area contributed by atoms with Crippen LogP contribution in [0.5, 0.6) is 0 Å². The SMILES string of the molecule is CC(NC(=O)c1nc2cc3c(-c4ccncc4)n[nH]c3cc2[nH]1)c1ccccc1Cl. The van der Waals surface area contributed by atoms with Crippen molar-refractivity contribution in [3.05, 3.63) is 77.3 Å². The third-order valence-corrected chi connectivity index (χ3v) is 5.40. The number of H-pyrrole nitrogens is 2. The van der Waals surface area contributed by atoms with Crippen LogP contribution in [-0.2, 0) is 0 Å². The molecular formula is C22H17ClN6O. The maximum atomic E-state index is 12.8. The summed E-state index contributed by atoms with van der Waals surface area (Å²) in [4.78, 5) is 24.4. The zero-order chi connectivity index (χ0) is 20.7. The predicted octanol–water partition coefficient (Wildman–Crippen LogP) is 4.65. The summed E-state index contributed by atoms with van der Waals surface area (Å²) in [5, 5.41) is 11.9. The molecule has 3 aromatic heterocycles. The number of benzene rings is 2. The van der Waals surface area contributed by atoms with Crippen molar-refractivity contribution in [2.75, 3.05) is 0 Å². The first-order valence-corrected chi connectivity index (χ1v) is 9.81. The Morgan fingerprint density at radius 2 is 1.90 bits per heavy atom. The lowest BCUT2D eigenvalue weighted by atomic mass is 10.1. The molecule has 30 heavy (non-hydrogen) atoms. The minimum absolute atomic E-state index is 0.245. The lowest BCUT2D eigenvalue weighted by molar-refractivity contribution is 0.0930. The standard InChI is InChI=1S/C22H17ClN6O/c1-12(14-4-2-3-5-16(14)23)25-22(30)21-26-18-10-15-17(11-19(18)27-21)28-29-20(15)13-6-8-24-9-7-13/h2-12H,1H3,(H,25,30)(H,26,27)(H,28,29). The average Bonchev–Trinajstić information content (AvgIpc) is 3.36. The Bertz CT molecular complexity index is 1370. The zero-order valence-corrected chi connectivity index (χ0v) is 16.7. The van der Waals surface area contributed by atoms with Crippen molar-refractivity contribution in [1.82, 2.24) is 30.5 Å². The number of nitrogens with zero attached hydrogens (tertiary/aromatic N) is 3. The molecule has 148 valence electrons. The quantitative estimate of drug-likeness (QED) is 0.397. The number of aromatic nitrogens is 5. The molecule has 3 heterocycles. The number of rotatable bonds is 4. The van der Waals surface area contributed by atoms with Crippen molar-refractivity contribution in [2.45, 2.75) is 13.0 Å². The molecular weight excluding hydrogens is 400 g/mol. The van der Waals surface area contributed by atoms with Gasteiger partial charge in [-0.3, -0.25) is 14.9 Å². The fraction of sp³-hybridized carbons (Fsp3) is 0.0909. The minimum atomic E-state index is -0.297. The first-order chi connectivity index (χ1) is 14.6. The highest BCUT2D eigenvalue weighted by molar-refractivity contribution is 6.31. The van der Waals surface area contributed by atoms with E-state index in [1.165, 1.54) is 0 Å². The highest BCUT2D eigenvalue weighted by Crippen LogP contribution is 2.29. The van der Waals surface area contributed by atoms with Gasteiger partial charge >= 0.3 is 0 Å². The third-order valence-electron chi connectivity index (χ3n) is 5.05. The molecule has 0 saturated carbocycles. The largest absolute Gasteiger partial charge is 0.343 e. The highest BCUT2D eigenvalue weighted by atomic mass is 35.5. The van der Waals surface area contributed by atoms with E-state index in [0.29, 0.717) is 10.5 Å². The van der Waals surface area contributed by atoms with Crippen molar-refractivity contribution in [1.29, 1.82) is 0 Å². The van der Waals surface area contributed by atoms with E-state index >= 15 is 0 Å². The third kappa shape index (κ3) is 3.19. The van der Waals surface area contributed by atoms with E-state index in [-0.39, 0.29) is 17.8 Å². The molecule has 8 heteroatoms. The summed E-state index contributed by atoms with van der Waals surface area (Å²) in [6, 6.07) is 14.8. The second-order valence-corrected chi connectivity index (χ2v) is 7.43. The van der Waals surface area contributed by atoms with E-state index in [4.69, 9.17) is 11.6 Å². The number of halogens is 1. The van der Waals surface area contributed by atoms with Crippen molar-refractivity contribution >= 4 is 39.4 Å². The lowest BCUT2D eigenvalue weighted by Gasteiger charge is -2.14. The summed E-state index contributed by atoms with van der Waals surface area (Å²) in [5.41, 5.74) is 4.92. The molecule has 0 aliphatic carbocycles. The molecule has 0 aliphatic rings. The van der Waals surface area contributed by atoms with Gasteiger partial charge in [0.15, 0.2) is 5.82 Å². The normalized spacial score (nSPS) is 12.3. The number of imidazole rings is 1. The van der Waals surface area contributed by atoms with Crippen LogP contribution in [0, 0.1) is 0 Å². The number of amides is 1. The Labute approximate surface area is 176 Å². The fourth-order valence-corrected chi connectivity index (χ4v) is 3.83. The van der Waals surface area contributed by atoms with E-state index in [2.05, 4.69) is 30.5 Å². The Morgan fingerprint density at radius 3 is 2.70 bits per heavy atom. The van der Waals surface area contributed by atoms with Gasteiger partial charge in [0.25, 0.3) is 5.91 Å².